The molecule has 2 nitrogen and oxygen atoms in total. The van der Waals surface area contributed by atoms with Crippen LogP contribution in [0.5, 0.6) is 5.75 Å². The summed E-state index contributed by atoms with van der Waals surface area (Å²) >= 11 is 5.03. The van der Waals surface area contributed by atoms with Gasteiger partial charge in [0.25, 0.3) is 0 Å². The second-order valence-electron chi connectivity index (χ2n) is 3.72. The zero-order valence-corrected chi connectivity index (χ0v) is 12.4. The van der Waals surface area contributed by atoms with E-state index >= 15 is 0 Å². The normalized spacial score (nSPS) is 10.3. The van der Waals surface area contributed by atoms with Gasteiger partial charge in [-0.3, -0.25) is 4.79 Å². The highest BCUT2D eigenvalue weighted by molar-refractivity contribution is 9.10. The van der Waals surface area contributed by atoms with Gasteiger partial charge in [-0.25, -0.2) is 0 Å². The summed E-state index contributed by atoms with van der Waals surface area (Å²) < 4.78 is 6.47. The van der Waals surface area contributed by atoms with Gasteiger partial charge >= 0.3 is 0 Å². The molecule has 2 aromatic rings. The molecule has 0 radical (unpaired) electrons. The Morgan fingerprint density at radius 3 is 2.78 bits per heavy atom. The number of thiophene rings is 1. The Morgan fingerprint density at radius 2 is 2.11 bits per heavy atom. The van der Waals surface area contributed by atoms with Crippen LogP contribution in [0, 0.1) is 0 Å². The predicted molar refractivity (Wildman–Crippen MR) is 77.7 cm³/mol. The van der Waals surface area contributed by atoms with Gasteiger partial charge in [-0.2, -0.15) is 0 Å². The van der Waals surface area contributed by atoms with E-state index in [4.69, 9.17) is 4.74 Å². The lowest BCUT2D eigenvalue weighted by molar-refractivity contribution is 0.0990. The number of benzene rings is 1. The van der Waals surface area contributed by atoms with Crippen LogP contribution < -0.4 is 4.74 Å². The maximum atomic E-state index is 12.3. The molecule has 94 valence electrons. The maximum Gasteiger partial charge on any atom is 0.171 e. The lowest BCUT2D eigenvalue weighted by Gasteiger charge is -2.08. The largest absolute Gasteiger partial charge is 0.493 e. The molecule has 0 spiro atoms. The summed E-state index contributed by atoms with van der Waals surface area (Å²) in [7, 11) is 0. The molecule has 0 saturated carbocycles. The van der Waals surface area contributed by atoms with Crippen molar-refractivity contribution in [2.45, 2.75) is 13.3 Å². The number of hydrogen-bond donors (Lipinski definition) is 0. The molecule has 0 aliphatic rings. The molecule has 0 aliphatic carbocycles. The van der Waals surface area contributed by atoms with Gasteiger partial charge in [0.1, 0.15) is 5.75 Å². The molecule has 0 aliphatic heterocycles. The van der Waals surface area contributed by atoms with Crippen LogP contribution in [0.25, 0.3) is 0 Å². The lowest BCUT2D eigenvalue weighted by atomic mass is 10.1. The third-order valence-corrected chi connectivity index (χ3v) is 4.43. The minimum absolute atomic E-state index is 0.0854. The van der Waals surface area contributed by atoms with E-state index in [1.807, 2.05) is 42.6 Å². The zero-order valence-electron chi connectivity index (χ0n) is 9.98. The van der Waals surface area contributed by atoms with E-state index in [9.17, 15) is 4.79 Å². The van der Waals surface area contributed by atoms with Crippen LogP contribution in [-0.2, 0) is 6.42 Å². The maximum absolute atomic E-state index is 12.3. The van der Waals surface area contributed by atoms with Crippen LogP contribution in [0.2, 0.25) is 0 Å². The molecular formula is C14H13BrO2S. The van der Waals surface area contributed by atoms with Crippen molar-refractivity contribution in [2.24, 2.45) is 0 Å². The van der Waals surface area contributed by atoms with Gasteiger partial charge in [0.2, 0.25) is 0 Å². The fraction of sp³-hybridized carbons (Fsp3) is 0.214. The number of halogens is 1. The average Bonchev–Trinajstić information content (AvgIpc) is 2.76. The molecule has 0 unspecified atom stereocenters. The summed E-state index contributed by atoms with van der Waals surface area (Å²) in [6.07, 6.45) is 0.405. The Hall–Kier alpha value is -1.13. The topological polar surface area (TPSA) is 26.3 Å². The standard InChI is InChI=1S/C14H13BrO2S/c1-2-17-13-6-4-3-5-10(13)12(16)9-14-11(15)7-8-18-14/h3-8H,2,9H2,1H3. The van der Waals surface area contributed by atoms with Gasteiger partial charge in [0, 0.05) is 15.8 Å². The number of carbonyl (C=O) groups excluding carboxylic acids is 1. The monoisotopic (exact) mass is 324 g/mol. The second-order valence-corrected chi connectivity index (χ2v) is 5.58. The van der Waals surface area contributed by atoms with Crippen molar-refractivity contribution in [1.29, 1.82) is 0 Å². The van der Waals surface area contributed by atoms with E-state index in [0.717, 1.165) is 9.35 Å². The molecule has 1 heterocycles. The van der Waals surface area contributed by atoms with Crippen molar-refractivity contribution in [3.8, 4) is 5.75 Å². The molecule has 0 fully saturated rings. The van der Waals surface area contributed by atoms with Gasteiger partial charge in [-0.15, -0.1) is 11.3 Å². The number of ketones is 1. The predicted octanol–water partition coefficient (Wildman–Crippen LogP) is 4.33. The van der Waals surface area contributed by atoms with Gasteiger partial charge < -0.3 is 4.74 Å². The van der Waals surface area contributed by atoms with Crippen LogP contribution in [0.4, 0.5) is 0 Å². The van der Waals surface area contributed by atoms with Crippen LogP contribution in [0.3, 0.4) is 0 Å². The first-order valence-corrected chi connectivity index (χ1v) is 7.36. The van der Waals surface area contributed by atoms with E-state index in [0.29, 0.717) is 24.3 Å². The highest BCUT2D eigenvalue weighted by Crippen LogP contribution is 2.26. The molecule has 0 bridgehead atoms. The third-order valence-electron chi connectivity index (χ3n) is 2.50. The first-order chi connectivity index (χ1) is 8.72. The third kappa shape index (κ3) is 3.00. The quantitative estimate of drug-likeness (QED) is 0.765. The SMILES string of the molecule is CCOc1ccccc1C(=O)Cc1sccc1Br. The van der Waals surface area contributed by atoms with Crippen LogP contribution in [0.1, 0.15) is 22.2 Å². The lowest BCUT2D eigenvalue weighted by Crippen LogP contribution is -2.06. The zero-order chi connectivity index (χ0) is 13.0. The number of carbonyl (C=O) groups is 1. The summed E-state index contributed by atoms with van der Waals surface area (Å²) in [5.74, 6) is 0.750. The number of ether oxygens (including phenoxy) is 1. The van der Waals surface area contributed by atoms with E-state index in [1.54, 1.807) is 11.3 Å². The highest BCUT2D eigenvalue weighted by Gasteiger charge is 2.14. The summed E-state index contributed by atoms with van der Waals surface area (Å²) in [4.78, 5) is 13.3. The molecule has 1 aromatic heterocycles. The van der Waals surface area contributed by atoms with Crippen molar-refractivity contribution in [3.63, 3.8) is 0 Å². The van der Waals surface area contributed by atoms with Crippen LogP contribution >= 0.6 is 27.3 Å². The summed E-state index contributed by atoms with van der Waals surface area (Å²) in [5, 5.41) is 1.97. The fourth-order valence-electron chi connectivity index (χ4n) is 1.67. The minimum atomic E-state index is 0.0854. The van der Waals surface area contributed by atoms with E-state index in [1.165, 1.54) is 0 Å². The molecule has 0 N–H and O–H groups in total. The average molecular weight is 325 g/mol. The Morgan fingerprint density at radius 1 is 1.33 bits per heavy atom. The molecule has 1 aromatic carbocycles. The Bertz CT molecular complexity index is 548. The number of para-hydroxylation sites is 1. The van der Waals surface area contributed by atoms with Crippen LogP contribution in [-0.4, -0.2) is 12.4 Å². The second kappa shape index (κ2) is 6.16. The van der Waals surface area contributed by atoms with Crippen molar-refractivity contribution in [2.75, 3.05) is 6.61 Å². The number of hydrogen-bond acceptors (Lipinski definition) is 3. The minimum Gasteiger partial charge on any atom is -0.493 e. The summed E-state index contributed by atoms with van der Waals surface area (Å²) in [6.45, 7) is 2.48. The molecule has 2 rings (SSSR count). The molecule has 0 amide bonds. The van der Waals surface area contributed by atoms with Gasteiger partial charge in [-0.1, -0.05) is 12.1 Å². The van der Waals surface area contributed by atoms with E-state index in [-0.39, 0.29) is 5.78 Å². The first kappa shape index (κ1) is 13.3. The molecule has 0 saturated heterocycles. The summed E-state index contributed by atoms with van der Waals surface area (Å²) in [5.41, 5.74) is 0.652. The van der Waals surface area contributed by atoms with Crippen molar-refractivity contribution in [1.82, 2.24) is 0 Å². The number of rotatable bonds is 5. The highest BCUT2D eigenvalue weighted by atomic mass is 79.9. The van der Waals surface area contributed by atoms with Gasteiger partial charge in [-0.05, 0) is 46.4 Å². The van der Waals surface area contributed by atoms with E-state index < -0.39 is 0 Å². The smallest absolute Gasteiger partial charge is 0.171 e. The van der Waals surface area contributed by atoms with Gasteiger partial charge in [0.15, 0.2) is 5.78 Å². The fourth-order valence-corrected chi connectivity index (χ4v) is 3.16. The molecular weight excluding hydrogens is 312 g/mol. The van der Waals surface area contributed by atoms with E-state index in [2.05, 4.69) is 15.9 Å². The first-order valence-electron chi connectivity index (χ1n) is 5.69. The Kier molecular flexibility index (Phi) is 4.55. The number of Topliss-reactive ketones (excluding diaryl/α,β-unsaturated/α-hetero) is 1. The van der Waals surface area contributed by atoms with Gasteiger partial charge in [0.05, 0.1) is 12.2 Å². The van der Waals surface area contributed by atoms with Crippen molar-refractivity contribution >= 4 is 33.0 Å². The van der Waals surface area contributed by atoms with Crippen LogP contribution in [0.15, 0.2) is 40.2 Å². The summed E-state index contributed by atoms with van der Waals surface area (Å²) in [6, 6.07) is 9.35. The van der Waals surface area contributed by atoms with Crippen molar-refractivity contribution < 1.29 is 9.53 Å². The molecule has 4 heteroatoms. The Labute approximate surface area is 119 Å². The van der Waals surface area contributed by atoms with Crippen molar-refractivity contribution in [3.05, 3.63) is 50.6 Å². The molecule has 0 atom stereocenters. The molecule has 18 heavy (non-hydrogen) atoms. The Balaban J connectivity index is 2.21.